The van der Waals surface area contributed by atoms with Crippen molar-refractivity contribution in [3.05, 3.63) is 71.6 Å². The number of rotatable bonds is 4. The molecule has 2 aromatic carbocycles. The number of carbonyl (C=O) groups excluding carboxylic acids is 1. The lowest BCUT2D eigenvalue weighted by molar-refractivity contribution is -0.114. The molecular weight excluding hydrogens is 322 g/mol. The molecule has 0 bridgehead atoms. The lowest BCUT2D eigenvalue weighted by atomic mass is 10.2. The van der Waals surface area contributed by atoms with Gasteiger partial charge in [0.05, 0.1) is 0 Å². The highest BCUT2D eigenvalue weighted by Crippen LogP contribution is 2.28. The molecular formula is C18H15N3O2S. The van der Waals surface area contributed by atoms with E-state index in [9.17, 15) is 9.90 Å². The molecule has 0 aliphatic carbocycles. The van der Waals surface area contributed by atoms with Crippen LogP contribution in [-0.4, -0.2) is 16.0 Å². The van der Waals surface area contributed by atoms with Crippen molar-refractivity contribution in [3.63, 3.8) is 0 Å². The molecule has 1 heterocycles. The van der Waals surface area contributed by atoms with Crippen LogP contribution >= 0.6 is 11.3 Å². The number of nitrogens with zero attached hydrogens (tertiary/aromatic N) is 2. The first kappa shape index (κ1) is 15.9. The molecule has 0 saturated heterocycles. The van der Waals surface area contributed by atoms with Crippen LogP contribution in [-0.2, 0) is 4.79 Å². The van der Waals surface area contributed by atoms with E-state index in [0.29, 0.717) is 10.8 Å². The van der Waals surface area contributed by atoms with Crippen molar-refractivity contribution < 1.29 is 9.90 Å². The predicted molar refractivity (Wildman–Crippen MR) is 96.4 cm³/mol. The minimum absolute atomic E-state index is 0.163. The number of thiazole rings is 1. The monoisotopic (exact) mass is 337 g/mol. The molecule has 0 unspecified atom stereocenters. The van der Waals surface area contributed by atoms with Crippen LogP contribution in [0.5, 0.6) is 5.75 Å². The van der Waals surface area contributed by atoms with Crippen LogP contribution in [0.4, 0.5) is 5.82 Å². The van der Waals surface area contributed by atoms with Crippen LogP contribution in [0.2, 0.25) is 0 Å². The maximum Gasteiger partial charge on any atom is 0.266 e. The van der Waals surface area contributed by atoms with Crippen molar-refractivity contribution in [1.82, 2.24) is 4.98 Å². The summed E-state index contributed by atoms with van der Waals surface area (Å²) in [6.07, 6.45) is 3.10. The minimum Gasteiger partial charge on any atom is -0.508 e. The summed E-state index contributed by atoms with van der Waals surface area (Å²) in [4.78, 5) is 16.5. The standard InChI is InChI=1S/C18H15N3O2S/c19-21(17(23)10-9-13-5-2-1-3-6-13)16-12-24-18(20-16)14-7-4-8-15(22)11-14/h1-12,22H,19H2. The first-order valence-electron chi connectivity index (χ1n) is 7.20. The summed E-state index contributed by atoms with van der Waals surface area (Å²) in [5, 5.41) is 12.9. The number of nitrogens with two attached hydrogens (primary N) is 1. The number of hydrazine groups is 1. The van der Waals surface area contributed by atoms with Gasteiger partial charge in [-0.2, -0.15) is 0 Å². The van der Waals surface area contributed by atoms with Crippen molar-refractivity contribution in [2.75, 3.05) is 5.01 Å². The lowest BCUT2D eigenvalue weighted by Gasteiger charge is -2.10. The fourth-order valence-corrected chi connectivity index (χ4v) is 2.86. The van der Waals surface area contributed by atoms with Crippen molar-refractivity contribution >= 4 is 29.1 Å². The van der Waals surface area contributed by atoms with Gasteiger partial charge in [-0.25, -0.2) is 15.8 Å². The average Bonchev–Trinajstić information content (AvgIpc) is 3.10. The summed E-state index contributed by atoms with van der Waals surface area (Å²) in [5.74, 6) is 6.01. The highest BCUT2D eigenvalue weighted by atomic mass is 32.1. The Morgan fingerprint density at radius 1 is 1.17 bits per heavy atom. The van der Waals surface area contributed by atoms with Gasteiger partial charge in [0.1, 0.15) is 10.8 Å². The number of aromatic hydroxyl groups is 1. The van der Waals surface area contributed by atoms with Gasteiger partial charge in [-0.05, 0) is 23.8 Å². The minimum atomic E-state index is -0.369. The first-order valence-corrected chi connectivity index (χ1v) is 8.08. The van der Waals surface area contributed by atoms with Crippen LogP contribution in [0.1, 0.15) is 5.56 Å². The highest BCUT2D eigenvalue weighted by Gasteiger charge is 2.13. The van der Waals surface area contributed by atoms with Gasteiger partial charge in [0.2, 0.25) is 0 Å². The summed E-state index contributed by atoms with van der Waals surface area (Å²) in [6, 6.07) is 16.3. The Balaban J connectivity index is 1.74. The largest absolute Gasteiger partial charge is 0.508 e. The van der Waals surface area contributed by atoms with E-state index >= 15 is 0 Å². The summed E-state index contributed by atoms with van der Waals surface area (Å²) in [5.41, 5.74) is 1.69. The number of hydrogen-bond acceptors (Lipinski definition) is 5. The number of carbonyl (C=O) groups is 1. The first-order chi connectivity index (χ1) is 11.6. The average molecular weight is 337 g/mol. The predicted octanol–water partition coefficient (Wildman–Crippen LogP) is 3.44. The van der Waals surface area contributed by atoms with E-state index in [0.717, 1.165) is 16.1 Å². The fourth-order valence-electron chi connectivity index (χ4n) is 2.07. The maximum absolute atomic E-state index is 12.2. The SMILES string of the molecule is NN(C(=O)C=Cc1ccccc1)c1csc(-c2cccc(O)c2)n1. The Bertz CT molecular complexity index is 875. The number of phenolic OH excluding ortho intramolecular Hbond substituents is 1. The molecule has 6 heteroatoms. The quantitative estimate of drug-likeness (QED) is 0.331. The van der Waals surface area contributed by atoms with Gasteiger partial charge in [0.25, 0.3) is 5.91 Å². The Labute approximate surface area is 143 Å². The van der Waals surface area contributed by atoms with Crippen LogP contribution in [0.15, 0.2) is 66.1 Å². The highest BCUT2D eigenvalue weighted by molar-refractivity contribution is 7.13. The third-order valence-electron chi connectivity index (χ3n) is 3.29. The normalized spacial score (nSPS) is 10.9. The second-order valence-electron chi connectivity index (χ2n) is 5.01. The second-order valence-corrected chi connectivity index (χ2v) is 5.87. The van der Waals surface area contributed by atoms with Gasteiger partial charge in [-0.3, -0.25) is 4.79 Å². The van der Waals surface area contributed by atoms with E-state index < -0.39 is 0 Å². The molecule has 0 spiro atoms. The lowest BCUT2D eigenvalue weighted by Crippen LogP contribution is -2.36. The number of hydrogen-bond donors (Lipinski definition) is 2. The van der Waals surface area contributed by atoms with E-state index in [2.05, 4.69) is 4.98 Å². The molecule has 5 nitrogen and oxygen atoms in total. The number of amides is 1. The number of phenols is 1. The maximum atomic E-state index is 12.2. The van der Waals surface area contributed by atoms with Gasteiger partial charge in [0.15, 0.2) is 5.82 Å². The van der Waals surface area contributed by atoms with Crippen LogP contribution in [0, 0.1) is 0 Å². The van der Waals surface area contributed by atoms with Crippen molar-refractivity contribution in [1.29, 1.82) is 0 Å². The molecule has 3 N–H and O–H groups in total. The molecule has 1 aromatic heterocycles. The molecule has 3 rings (SSSR count). The van der Waals surface area contributed by atoms with Gasteiger partial charge in [0, 0.05) is 17.0 Å². The van der Waals surface area contributed by atoms with Gasteiger partial charge in [-0.1, -0.05) is 42.5 Å². The third-order valence-corrected chi connectivity index (χ3v) is 4.17. The second kappa shape index (κ2) is 7.08. The molecule has 1 amide bonds. The molecule has 0 fully saturated rings. The molecule has 0 aliphatic rings. The Hall–Kier alpha value is -2.96. The summed E-state index contributed by atoms with van der Waals surface area (Å²) in [6.45, 7) is 0. The molecule has 0 saturated carbocycles. The third kappa shape index (κ3) is 3.68. The Morgan fingerprint density at radius 2 is 1.96 bits per heavy atom. The molecule has 0 radical (unpaired) electrons. The van der Waals surface area contributed by atoms with Crippen LogP contribution in [0.3, 0.4) is 0 Å². The smallest absolute Gasteiger partial charge is 0.266 e. The van der Waals surface area contributed by atoms with E-state index in [1.165, 1.54) is 17.4 Å². The summed E-state index contributed by atoms with van der Waals surface area (Å²) in [7, 11) is 0. The topological polar surface area (TPSA) is 79.5 Å². The Kier molecular flexibility index (Phi) is 4.69. The zero-order chi connectivity index (χ0) is 16.9. The number of aromatic nitrogens is 1. The van der Waals surface area contributed by atoms with Gasteiger partial charge >= 0.3 is 0 Å². The van der Waals surface area contributed by atoms with E-state index in [1.807, 2.05) is 36.4 Å². The number of anilines is 1. The zero-order valence-electron chi connectivity index (χ0n) is 12.7. The van der Waals surface area contributed by atoms with E-state index in [4.69, 9.17) is 5.84 Å². The Morgan fingerprint density at radius 3 is 2.71 bits per heavy atom. The van der Waals surface area contributed by atoms with Crippen LogP contribution in [0.25, 0.3) is 16.6 Å². The van der Waals surface area contributed by atoms with E-state index in [-0.39, 0.29) is 11.7 Å². The molecule has 0 atom stereocenters. The molecule has 0 aliphatic heterocycles. The summed E-state index contributed by atoms with van der Waals surface area (Å²) >= 11 is 1.35. The molecule has 3 aromatic rings. The van der Waals surface area contributed by atoms with Gasteiger partial charge in [-0.15, -0.1) is 11.3 Å². The number of benzene rings is 2. The van der Waals surface area contributed by atoms with Gasteiger partial charge < -0.3 is 5.11 Å². The van der Waals surface area contributed by atoms with E-state index in [1.54, 1.807) is 29.7 Å². The zero-order valence-corrected chi connectivity index (χ0v) is 13.5. The van der Waals surface area contributed by atoms with Crippen molar-refractivity contribution in [2.45, 2.75) is 0 Å². The van der Waals surface area contributed by atoms with Crippen LogP contribution < -0.4 is 10.9 Å². The van der Waals surface area contributed by atoms with Crippen molar-refractivity contribution in [2.24, 2.45) is 5.84 Å². The molecule has 120 valence electrons. The molecule has 24 heavy (non-hydrogen) atoms. The summed E-state index contributed by atoms with van der Waals surface area (Å²) < 4.78 is 0. The van der Waals surface area contributed by atoms with Crippen molar-refractivity contribution in [3.8, 4) is 16.3 Å². The fraction of sp³-hybridized carbons (Fsp3) is 0.